The van der Waals surface area contributed by atoms with Gasteiger partial charge in [0.25, 0.3) is 0 Å². The highest BCUT2D eigenvalue weighted by Crippen LogP contribution is 2.32. The van der Waals surface area contributed by atoms with E-state index in [1.54, 1.807) is 0 Å². The van der Waals surface area contributed by atoms with E-state index in [0.717, 1.165) is 31.6 Å². The number of carbonyl (C=O) groups is 1. The Balaban J connectivity index is 1.89. The van der Waals surface area contributed by atoms with Crippen LogP contribution in [0.5, 0.6) is 0 Å². The van der Waals surface area contributed by atoms with E-state index in [0.29, 0.717) is 17.8 Å². The van der Waals surface area contributed by atoms with Gasteiger partial charge in [-0.05, 0) is 38.5 Å². The minimum Gasteiger partial charge on any atom is -0.367 e. The Labute approximate surface area is 92.4 Å². The van der Waals surface area contributed by atoms with Crippen LogP contribution in [0.2, 0.25) is 0 Å². The molecule has 0 aromatic rings. The lowest BCUT2D eigenvalue weighted by atomic mass is 9.79. The van der Waals surface area contributed by atoms with E-state index in [2.05, 4.69) is 13.8 Å². The summed E-state index contributed by atoms with van der Waals surface area (Å²) in [5, 5.41) is 0. The van der Waals surface area contributed by atoms with Crippen molar-refractivity contribution in [1.82, 2.24) is 0 Å². The molecule has 1 heterocycles. The third-order valence-corrected chi connectivity index (χ3v) is 3.89. The highest BCUT2D eigenvalue weighted by molar-refractivity contribution is 5.85. The van der Waals surface area contributed by atoms with Crippen molar-refractivity contribution in [2.75, 3.05) is 0 Å². The molecular weight excluding hydrogens is 188 g/mol. The van der Waals surface area contributed by atoms with E-state index in [1.165, 1.54) is 12.8 Å². The summed E-state index contributed by atoms with van der Waals surface area (Å²) in [7, 11) is 0. The van der Waals surface area contributed by atoms with Crippen LogP contribution in [-0.4, -0.2) is 18.0 Å². The van der Waals surface area contributed by atoms with Gasteiger partial charge in [0.15, 0.2) is 5.78 Å². The second-order valence-corrected chi connectivity index (χ2v) is 5.38. The molecule has 0 aromatic heterocycles. The molecule has 0 radical (unpaired) electrons. The van der Waals surface area contributed by atoms with Gasteiger partial charge in [-0.3, -0.25) is 4.79 Å². The molecule has 1 aliphatic heterocycles. The van der Waals surface area contributed by atoms with Gasteiger partial charge in [-0.1, -0.05) is 19.8 Å². The van der Waals surface area contributed by atoms with Crippen LogP contribution in [0.4, 0.5) is 0 Å². The predicted molar refractivity (Wildman–Crippen MR) is 59.7 cm³/mol. The number of carbonyl (C=O) groups excluding carboxylic acids is 1. The minimum absolute atomic E-state index is 0.0738. The Kier molecular flexibility index (Phi) is 3.45. The first-order valence-electron chi connectivity index (χ1n) is 6.36. The SMILES string of the molecule is CC1CCCC(C(=O)C2CCC(C)O2)C1. The van der Waals surface area contributed by atoms with Crippen molar-refractivity contribution >= 4 is 5.78 Å². The zero-order valence-electron chi connectivity index (χ0n) is 9.87. The van der Waals surface area contributed by atoms with Gasteiger partial charge in [0, 0.05) is 5.92 Å². The van der Waals surface area contributed by atoms with E-state index in [-0.39, 0.29) is 6.10 Å². The fourth-order valence-electron chi connectivity index (χ4n) is 2.97. The quantitative estimate of drug-likeness (QED) is 0.700. The highest BCUT2D eigenvalue weighted by Gasteiger charge is 2.34. The van der Waals surface area contributed by atoms with Crippen molar-refractivity contribution in [2.24, 2.45) is 11.8 Å². The first kappa shape index (κ1) is 11.1. The summed E-state index contributed by atoms with van der Waals surface area (Å²) in [6.07, 6.45) is 6.93. The summed E-state index contributed by atoms with van der Waals surface area (Å²) in [5.74, 6) is 1.42. The summed E-state index contributed by atoms with van der Waals surface area (Å²) in [5.41, 5.74) is 0. The van der Waals surface area contributed by atoms with E-state index in [1.807, 2.05) is 0 Å². The van der Waals surface area contributed by atoms with Gasteiger partial charge in [-0.15, -0.1) is 0 Å². The highest BCUT2D eigenvalue weighted by atomic mass is 16.5. The van der Waals surface area contributed by atoms with Crippen LogP contribution in [0.15, 0.2) is 0 Å². The van der Waals surface area contributed by atoms with Gasteiger partial charge >= 0.3 is 0 Å². The molecule has 15 heavy (non-hydrogen) atoms. The van der Waals surface area contributed by atoms with Crippen LogP contribution < -0.4 is 0 Å². The molecule has 0 spiro atoms. The summed E-state index contributed by atoms with van der Waals surface area (Å²) < 4.78 is 5.66. The van der Waals surface area contributed by atoms with Gasteiger partial charge in [-0.25, -0.2) is 0 Å². The molecule has 0 amide bonds. The molecule has 2 nitrogen and oxygen atoms in total. The molecule has 1 saturated carbocycles. The molecule has 1 aliphatic carbocycles. The van der Waals surface area contributed by atoms with Crippen molar-refractivity contribution in [3.63, 3.8) is 0 Å². The molecule has 0 bridgehead atoms. The molecule has 2 heteroatoms. The fraction of sp³-hybridized carbons (Fsp3) is 0.923. The van der Waals surface area contributed by atoms with Gasteiger partial charge < -0.3 is 4.74 Å². The number of hydrogen-bond donors (Lipinski definition) is 0. The molecule has 0 aromatic carbocycles. The maximum absolute atomic E-state index is 12.2. The van der Waals surface area contributed by atoms with E-state index in [9.17, 15) is 4.79 Å². The number of Topliss-reactive ketones (excluding diaryl/α,β-unsaturated/α-hetero) is 1. The molecular formula is C13H22O2. The monoisotopic (exact) mass is 210 g/mol. The van der Waals surface area contributed by atoms with Crippen LogP contribution in [0, 0.1) is 11.8 Å². The van der Waals surface area contributed by atoms with E-state index >= 15 is 0 Å². The zero-order chi connectivity index (χ0) is 10.8. The summed E-state index contributed by atoms with van der Waals surface area (Å²) in [4.78, 5) is 12.2. The average molecular weight is 210 g/mol. The Morgan fingerprint density at radius 3 is 2.53 bits per heavy atom. The van der Waals surface area contributed by atoms with Crippen LogP contribution in [0.3, 0.4) is 0 Å². The van der Waals surface area contributed by atoms with Crippen molar-refractivity contribution < 1.29 is 9.53 Å². The van der Waals surface area contributed by atoms with E-state index < -0.39 is 0 Å². The maximum atomic E-state index is 12.2. The van der Waals surface area contributed by atoms with Crippen LogP contribution in [-0.2, 0) is 9.53 Å². The largest absolute Gasteiger partial charge is 0.367 e. The Morgan fingerprint density at radius 2 is 1.93 bits per heavy atom. The molecule has 2 aliphatic rings. The number of ketones is 1. The van der Waals surface area contributed by atoms with Gasteiger partial charge in [-0.2, -0.15) is 0 Å². The molecule has 1 saturated heterocycles. The lowest BCUT2D eigenvalue weighted by Crippen LogP contribution is -2.31. The van der Waals surface area contributed by atoms with Crippen LogP contribution in [0.25, 0.3) is 0 Å². The van der Waals surface area contributed by atoms with Gasteiger partial charge in [0.1, 0.15) is 6.10 Å². The van der Waals surface area contributed by atoms with Crippen molar-refractivity contribution in [3.05, 3.63) is 0 Å². The molecule has 4 unspecified atom stereocenters. The first-order chi connectivity index (χ1) is 7.16. The third kappa shape index (κ3) is 2.60. The maximum Gasteiger partial charge on any atom is 0.164 e. The summed E-state index contributed by atoms with van der Waals surface area (Å²) in [6, 6.07) is 0. The Morgan fingerprint density at radius 1 is 1.13 bits per heavy atom. The van der Waals surface area contributed by atoms with Gasteiger partial charge in [0.2, 0.25) is 0 Å². The van der Waals surface area contributed by atoms with Crippen LogP contribution in [0.1, 0.15) is 52.4 Å². The second-order valence-electron chi connectivity index (χ2n) is 5.38. The smallest absolute Gasteiger partial charge is 0.164 e. The standard InChI is InChI=1S/C13H22O2/c1-9-4-3-5-11(8-9)13(14)12-7-6-10(2)15-12/h9-12H,3-8H2,1-2H3. The molecule has 2 fully saturated rings. The fourth-order valence-corrected chi connectivity index (χ4v) is 2.97. The lowest BCUT2D eigenvalue weighted by molar-refractivity contribution is -0.135. The average Bonchev–Trinajstić information content (AvgIpc) is 2.64. The number of ether oxygens (including phenoxy) is 1. The van der Waals surface area contributed by atoms with Crippen molar-refractivity contribution in [3.8, 4) is 0 Å². The number of hydrogen-bond acceptors (Lipinski definition) is 2. The topological polar surface area (TPSA) is 26.3 Å². The van der Waals surface area contributed by atoms with Crippen molar-refractivity contribution in [1.29, 1.82) is 0 Å². The zero-order valence-corrected chi connectivity index (χ0v) is 9.87. The molecule has 2 rings (SSSR count). The first-order valence-corrected chi connectivity index (χ1v) is 6.36. The molecule has 0 N–H and O–H groups in total. The lowest BCUT2D eigenvalue weighted by Gasteiger charge is -2.27. The minimum atomic E-state index is -0.0738. The number of rotatable bonds is 2. The Bertz CT molecular complexity index is 237. The van der Waals surface area contributed by atoms with Crippen molar-refractivity contribution in [2.45, 2.75) is 64.6 Å². The molecule has 86 valence electrons. The second kappa shape index (κ2) is 4.65. The predicted octanol–water partition coefficient (Wildman–Crippen LogP) is 2.95. The Hall–Kier alpha value is -0.370. The molecule has 4 atom stereocenters. The van der Waals surface area contributed by atoms with E-state index in [4.69, 9.17) is 4.74 Å². The third-order valence-electron chi connectivity index (χ3n) is 3.89. The summed E-state index contributed by atoms with van der Waals surface area (Å²) in [6.45, 7) is 4.33. The normalized spacial score (nSPS) is 41.7. The van der Waals surface area contributed by atoms with Crippen LogP contribution >= 0.6 is 0 Å². The summed E-state index contributed by atoms with van der Waals surface area (Å²) >= 11 is 0. The van der Waals surface area contributed by atoms with Gasteiger partial charge in [0.05, 0.1) is 6.10 Å².